The van der Waals surface area contributed by atoms with Crippen LogP contribution in [0.3, 0.4) is 0 Å². The summed E-state index contributed by atoms with van der Waals surface area (Å²) in [6.07, 6.45) is 0. The van der Waals surface area contributed by atoms with Crippen molar-refractivity contribution in [3.05, 3.63) is 96.6 Å². The molecule has 0 radical (unpaired) electrons. The summed E-state index contributed by atoms with van der Waals surface area (Å²) in [7, 11) is 0. The van der Waals surface area contributed by atoms with Gasteiger partial charge in [-0.05, 0) is 0 Å². The topological polar surface area (TPSA) is 12.4 Å². The Kier molecular flexibility index (Phi) is 6.10. The van der Waals surface area contributed by atoms with Gasteiger partial charge in [0, 0.05) is 0 Å². The molecule has 3 aromatic carbocycles. The van der Waals surface area contributed by atoms with Crippen LogP contribution in [-0.4, -0.2) is 18.9 Å². The summed E-state index contributed by atoms with van der Waals surface area (Å²) < 4.78 is 2.56. The number of thioether (sulfide) groups is 1. The standard InChI is InChI=1S/C20H17NSSe/c1-4-10-17(11-5-1)16-21-20(22-18-12-6-2-7-13-18)23-19-14-8-3-9-15-19/h1-15H,16H2. The van der Waals surface area contributed by atoms with Gasteiger partial charge < -0.3 is 0 Å². The fraction of sp³-hybridized carbons (Fsp3) is 0.0500. The zero-order valence-electron chi connectivity index (χ0n) is 12.6. The Morgan fingerprint density at radius 3 is 1.96 bits per heavy atom. The van der Waals surface area contributed by atoms with Crippen LogP contribution in [0.1, 0.15) is 5.56 Å². The van der Waals surface area contributed by atoms with Crippen molar-refractivity contribution in [2.24, 2.45) is 4.99 Å². The summed E-state index contributed by atoms with van der Waals surface area (Å²) in [5, 5.41) is 0. The van der Waals surface area contributed by atoms with E-state index in [1.54, 1.807) is 11.8 Å². The Labute approximate surface area is 148 Å². The first-order valence-corrected chi connectivity index (χ1v) is 9.97. The molecule has 1 nitrogen and oxygen atoms in total. The van der Waals surface area contributed by atoms with Gasteiger partial charge in [0.15, 0.2) is 0 Å². The quantitative estimate of drug-likeness (QED) is 0.276. The Morgan fingerprint density at radius 1 is 0.739 bits per heavy atom. The Bertz CT molecular complexity index is 699. The monoisotopic (exact) mass is 383 g/mol. The third kappa shape index (κ3) is 5.40. The van der Waals surface area contributed by atoms with E-state index in [0.29, 0.717) is 0 Å². The van der Waals surface area contributed by atoms with Gasteiger partial charge in [0.2, 0.25) is 0 Å². The summed E-state index contributed by atoms with van der Waals surface area (Å²) in [6.45, 7) is 0.741. The first-order chi connectivity index (χ1) is 11.4. The second kappa shape index (κ2) is 8.73. The third-order valence-corrected chi connectivity index (χ3v) is 6.60. The minimum atomic E-state index is 0.233. The van der Waals surface area contributed by atoms with Gasteiger partial charge in [-0.3, -0.25) is 0 Å². The summed E-state index contributed by atoms with van der Waals surface area (Å²) in [5.41, 5.74) is 1.25. The summed E-state index contributed by atoms with van der Waals surface area (Å²) in [4.78, 5) is 6.14. The van der Waals surface area contributed by atoms with E-state index >= 15 is 0 Å². The summed E-state index contributed by atoms with van der Waals surface area (Å²) >= 11 is 2.01. The minimum absolute atomic E-state index is 0.233. The van der Waals surface area contributed by atoms with Crippen molar-refractivity contribution >= 4 is 35.1 Å². The molecule has 114 valence electrons. The average Bonchev–Trinajstić information content (AvgIpc) is 2.62. The fourth-order valence-corrected chi connectivity index (χ4v) is 5.35. The maximum atomic E-state index is 4.89. The van der Waals surface area contributed by atoms with Crippen LogP contribution < -0.4 is 4.46 Å². The second-order valence-corrected chi connectivity index (χ2v) is 8.77. The van der Waals surface area contributed by atoms with Crippen molar-refractivity contribution in [1.82, 2.24) is 0 Å². The molecule has 0 saturated heterocycles. The Hall–Kier alpha value is -1.80. The van der Waals surface area contributed by atoms with Crippen molar-refractivity contribution < 1.29 is 0 Å². The normalized spacial score (nSPS) is 11.4. The van der Waals surface area contributed by atoms with Crippen molar-refractivity contribution in [2.45, 2.75) is 11.4 Å². The van der Waals surface area contributed by atoms with Crippen LogP contribution in [0.4, 0.5) is 0 Å². The zero-order valence-corrected chi connectivity index (χ0v) is 15.2. The van der Waals surface area contributed by atoms with Gasteiger partial charge >= 0.3 is 148 Å². The van der Waals surface area contributed by atoms with Gasteiger partial charge in [-0.15, -0.1) is 0 Å². The maximum absolute atomic E-state index is 4.89. The Balaban J connectivity index is 1.77. The predicted molar refractivity (Wildman–Crippen MR) is 102 cm³/mol. The van der Waals surface area contributed by atoms with Crippen LogP contribution in [0.25, 0.3) is 0 Å². The predicted octanol–water partition coefficient (Wildman–Crippen LogP) is 4.36. The van der Waals surface area contributed by atoms with E-state index in [2.05, 4.69) is 78.9 Å². The Morgan fingerprint density at radius 2 is 1.30 bits per heavy atom. The molecule has 0 aliphatic carbocycles. The van der Waals surface area contributed by atoms with E-state index in [9.17, 15) is 0 Å². The molecule has 0 N–H and O–H groups in total. The third-order valence-electron chi connectivity index (χ3n) is 3.13. The van der Waals surface area contributed by atoms with Crippen LogP contribution >= 0.6 is 11.8 Å². The molecule has 0 heterocycles. The molecule has 0 bridgehead atoms. The van der Waals surface area contributed by atoms with E-state index in [4.69, 9.17) is 4.99 Å². The molecule has 0 aliphatic heterocycles. The average molecular weight is 382 g/mol. The van der Waals surface area contributed by atoms with Crippen molar-refractivity contribution in [3.63, 3.8) is 0 Å². The van der Waals surface area contributed by atoms with E-state index in [0.717, 1.165) is 6.54 Å². The molecule has 0 unspecified atom stereocenters. The van der Waals surface area contributed by atoms with Gasteiger partial charge in [-0.2, -0.15) is 0 Å². The van der Waals surface area contributed by atoms with Crippen LogP contribution in [0.15, 0.2) is 101 Å². The van der Waals surface area contributed by atoms with Crippen LogP contribution in [0.5, 0.6) is 0 Å². The van der Waals surface area contributed by atoms with Crippen molar-refractivity contribution in [1.29, 1.82) is 0 Å². The van der Waals surface area contributed by atoms with Gasteiger partial charge in [-0.25, -0.2) is 0 Å². The zero-order chi connectivity index (χ0) is 15.7. The second-order valence-electron chi connectivity index (χ2n) is 4.90. The van der Waals surface area contributed by atoms with E-state index in [1.807, 2.05) is 12.1 Å². The molecule has 0 aliphatic rings. The SMILES string of the molecule is c1ccc(CN=C(Sc2ccccc2)[Se]c2ccccc2)cc1. The van der Waals surface area contributed by atoms with Crippen molar-refractivity contribution in [2.75, 3.05) is 0 Å². The number of nitrogens with zero attached hydrogens (tertiary/aromatic N) is 1. The molecule has 0 spiro atoms. The number of rotatable bonds is 5. The number of benzene rings is 3. The van der Waals surface area contributed by atoms with E-state index in [1.165, 1.54) is 18.9 Å². The number of aliphatic imine (C=N–C) groups is 1. The summed E-state index contributed by atoms with van der Waals surface area (Å²) in [5.74, 6) is 0. The van der Waals surface area contributed by atoms with Crippen LogP contribution in [-0.2, 0) is 6.54 Å². The van der Waals surface area contributed by atoms with Crippen LogP contribution in [0, 0.1) is 0 Å². The molecule has 0 amide bonds. The molecule has 3 heteroatoms. The molecular weight excluding hydrogens is 365 g/mol. The molecule has 0 aromatic heterocycles. The fourth-order valence-electron chi connectivity index (χ4n) is 2.00. The van der Waals surface area contributed by atoms with E-state index < -0.39 is 0 Å². The van der Waals surface area contributed by atoms with Gasteiger partial charge in [0.1, 0.15) is 0 Å². The van der Waals surface area contributed by atoms with Gasteiger partial charge in [0.25, 0.3) is 0 Å². The summed E-state index contributed by atoms with van der Waals surface area (Å²) in [6, 6.07) is 31.5. The first-order valence-electron chi connectivity index (χ1n) is 7.44. The number of hydrogen-bond donors (Lipinski definition) is 0. The van der Waals surface area contributed by atoms with Gasteiger partial charge in [-0.1, -0.05) is 0 Å². The van der Waals surface area contributed by atoms with Crippen LogP contribution in [0.2, 0.25) is 0 Å². The van der Waals surface area contributed by atoms with Crippen molar-refractivity contribution in [3.8, 4) is 0 Å². The molecule has 0 fully saturated rings. The molecule has 3 rings (SSSR count). The van der Waals surface area contributed by atoms with E-state index in [-0.39, 0.29) is 15.0 Å². The molecule has 3 aromatic rings. The first kappa shape index (κ1) is 16.1. The molecule has 23 heavy (non-hydrogen) atoms. The molecule has 0 atom stereocenters. The molecule has 0 saturated carbocycles. The van der Waals surface area contributed by atoms with Gasteiger partial charge in [0.05, 0.1) is 0 Å². The molecular formula is C20H17NSSe. The number of hydrogen-bond acceptors (Lipinski definition) is 2.